The average Bonchev–Trinajstić information content (AvgIpc) is 2.94. The summed E-state index contributed by atoms with van der Waals surface area (Å²) in [5.41, 5.74) is 0.495. The lowest BCUT2D eigenvalue weighted by atomic mass is 10.1. The molecular formula is C11H12ClN3O4. The van der Waals surface area contributed by atoms with E-state index in [1.807, 2.05) is 0 Å². The smallest absolute Gasteiger partial charge is 0.164 e. The van der Waals surface area contributed by atoms with E-state index in [4.69, 9.17) is 21.4 Å². The number of fused-ring (bicyclic) bond motifs is 1. The van der Waals surface area contributed by atoms with Crippen LogP contribution in [-0.2, 0) is 4.74 Å². The quantitative estimate of drug-likeness (QED) is 0.655. The van der Waals surface area contributed by atoms with Crippen molar-refractivity contribution in [1.82, 2.24) is 14.5 Å². The first kappa shape index (κ1) is 12.8. The zero-order valence-electron chi connectivity index (χ0n) is 9.72. The van der Waals surface area contributed by atoms with Crippen LogP contribution in [0.1, 0.15) is 6.23 Å². The maximum Gasteiger partial charge on any atom is 0.164 e. The molecule has 0 spiro atoms. The second-order valence-corrected chi connectivity index (χ2v) is 4.71. The zero-order valence-corrected chi connectivity index (χ0v) is 10.5. The minimum atomic E-state index is -1.15. The van der Waals surface area contributed by atoms with Crippen LogP contribution in [0.15, 0.2) is 18.6 Å². The second-order valence-electron chi connectivity index (χ2n) is 4.35. The molecule has 4 atom stereocenters. The number of hydrogen-bond acceptors (Lipinski definition) is 6. The summed E-state index contributed by atoms with van der Waals surface area (Å²) in [5, 5.41) is 29.7. The molecule has 0 amide bonds. The highest BCUT2D eigenvalue weighted by Gasteiger charge is 2.43. The second kappa shape index (κ2) is 4.69. The third kappa shape index (κ3) is 1.90. The van der Waals surface area contributed by atoms with Gasteiger partial charge in [-0.05, 0) is 6.07 Å². The summed E-state index contributed by atoms with van der Waals surface area (Å²) in [6.45, 7) is -0.371. The lowest BCUT2D eigenvalue weighted by Gasteiger charge is -2.17. The van der Waals surface area contributed by atoms with E-state index in [0.29, 0.717) is 16.2 Å². The van der Waals surface area contributed by atoms with Crippen LogP contribution in [0.2, 0.25) is 5.15 Å². The first-order valence-corrected chi connectivity index (χ1v) is 6.10. The van der Waals surface area contributed by atoms with Crippen molar-refractivity contribution in [2.24, 2.45) is 0 Å². The van der Waals surface area contributed by atoms with Crippen molar-refractivity contribution in [3.8, 4) is 0 Å². The molecule has 0 radical (unpaired) electrons. The van der Waals surface area contributed by atoms with Crippen molar-refractivity contribution >= 4 is 22.6 Å². The summed E-state index contributed by atoms with van der Waals surface area (Å²) in [4.78, 5) is 7.95. The molecule has 0 aromatic carbocycles. The van der Waals surface area contributed by atoms with Gasteiger partial charge in [-0.15, -0.1) is 0 Å². The number of hydrogen-bond donors (Lipinski definition) is 3. The summed E-state index contributed by atoms with van der Waals surface area (Å²) in [5.74, 6) is 0. The number of rotatable bonds is 2. The molecule has 8 heteroatoms. The van der Waals surface area contributed by atoms with Gasteiger partial charge in [0.25, 0.3) is 0 Å². The van der Waals surface area contributed by atoms with Gasteiger partial charge in [0.05, 0.1) is 12.0 Å². The van der Waals surface area contributed by atoms with E-state index in [1.54, 1.807) is 16.8 Å². The molecule has 1 saturated heterocycles. The third-order valence-corrected chi connectivity index (χ3v) is 3.55. The van der Waals surface area contributed by atoms with Crippen molar-refractivity contribution in [2.75, 3.05) is 6.61 Å². The predicted molar refractivity (Wildman–Crippen MR) is 65.5 cm³/mol. The summed E-state index contributed by atoms with van der Waals surface area (Å²) in [6, 6.07) is 1.70. The van der Waals surface area contributed by atoms with E-state index in [-0.39, 0.29) is 6.61 Å². The molecule has 1 fully saturated rings. The molecule has 7 nitrogen and oxygen atoms in total. The van der Waals surface area contributed by atoms with Crippen LogP contribution in [0.3, 0.4) is 0 Å². The number of halogens is 1. The van der Waals surface area contributed by atoms with Crippen LogP contribution < -0.4 is 0 Å². The normalized spacial score (nSPS) is 31.2. The van der Waals surface area contributed by atoms with E-state index in [9.17, 15) is 10.2 Å². The van der Waals surface area contributed by atoms with Crippen LogP contribution in [-0.4, -0.2) is 54.8 Å². The van der Waals surface area contributed by atoms with Gasteiger partial charge < -0.3 is 24.6 Å². The van der Waals surface area contributed by atoms with Crippen molar-refractivity contribution < 1.29 is 20.1 Å². The lowest BCUT2D eigenvalue weighted by Crippen LogP contribution is -2.33. The summed E-state index contributed by atoms with van der Waals surface area (Å²) >= 11 is 5.94. The Morgan fingerprint density at radius 2 is 2.11 bits per heavy atom. The molecule has 102 valence electrons. The highest BCUT2D eigenvalue weighted by Crippen LogP contribution is 2.32. The lowest BCUT2D eigenvalue weighted by molar-refractivity contribution is -0.0508. The Kier molecular flexibility index (Phi) is 3.15. The highest BCUT2D eigenvalue weighted by molar-refractivity contribution is 6.33. The maximum atomic E-state index is 9.98. The van der Waals surface area contributed by atoms with Gasteiger partial charge in [0, 0.05) is 6.20 Å². The van der Waals surface area contributed by atoms with E-state index in [1.165, 1.54) is 6.33 Å². The molecule has 2 aromatic heterocycles. The van der Waals surface area contributed by atoms with E-state index >= 15 is 0 Å². The topological polar surface area (TPSA) is 101 Å². The van der Waals surface area contributed by atoms with Crippen LogP contribution in [0.5, 0.6) is 0 Å². The Balaban J connectivity index is 2.04. The molecule has 0 saturated carbocycles. The average molecular weight is 286 g/mol. The van der Waals surface area contributed by atoms with E-state index < -0.39 is 24.5 Å². The Hall–Kier alpha value is -1.25. The van der Waals surface area contributed by atoms with Crippen molar-refractivity contribution in [3.05, 3.63) is 23.7 Å². The van der Waals surface area contributed by atoms with Gasteiger partial charge in [-0.25, -0.2) is 9.97 Å². The Morgan fingerprint density at radius 3 is 2.79 bits per heavy atom. The molecule has 0 unspecified atom stereocenters. The fraction of sp³-hybridized carbons (Fsp3) is 0.455. The first-order valence-electron chi connectivity index (χ1n) is 5.73. The van der Waals surface area contributed by atoms with Gasteiger partial charge in [-0.2, -0.15) is 0 Å². The number of aromatic nitrogens is 3. The Bertz CT molecular complexity index is 605. The van der Waals surface area contributed by atoms with Crippen LogP contribution >= 0.6 is 11.6 Å². The molecular weight excluding hydrogens is 274 g/mol. The van der Waals surface area contributed by atoms with Crippen molar-refractivity contribution in [2.45, 2.75) is 24.5 Å². The number of ether oxygens (including phenoxy) is 1. The summed E-state index contributed by atoms with van der Waals surface area (Å²) in [6.07, 6.45) is -0.995. The van der Waals surface area contributed by atoms with Crippen molar-refractivity contribution in [3.63, 3.8) is 0 Å². The molecule has 19 heavy (non-hydrogen) atoms. The molecule has 1 aliphatic heterocycles. The number of aliphatic hydroxyl groups excluding tert-OH is 3. The summed E-state index contributed by atoms with van der Waals surface area (Å²) in [7, 11) is 0. The fourth-order valence-electron chi connectivity index (χ4n) is 2.26. The molecule has 3 N–H and O–H groups in total. The van der Waals surface area contributed by atoms with Gasteiger partial charge in [0.2, 0.25) is 0 Å². The first-order chi connectivity index (χ1) is 9.13. The molecule has 1 aliphatic rings. The fourth-order valence-corrected chi connectivity index (χ4v) is 2.45. The summed E-state index contributed by atoms with van der Waals surface area (Å²) < 4.78 is 7.00. The highest BCUT2D eigenvalue weighted by atomic mass is 35.5. The molecule has 3 heterocycles. The minimum Gasteiger partial charge on any atom is -0.394 e. The van der Waals surface area contributed by atoms with Gasteiger partial charge in [-0.3, -0.25) is 0 Å². The van der Waals surface area contributed by atoms with E-state index in [2.05, 4.69) is 9.97 Å². The van der Waals surface area contributed by atoms with Crippen molar-refractivity contribution in [1.29, 1.82) is 0 Å². The Labute approximate surface area is 113 Å². The van der Waals surface area contributed by atoms with Crippen LogP contribution in [0.4, 0.5) is 0 Å². The third-order valence-electron chi connectivity index (χ3n) is 3.25. The minimum absolute atomic E-state index is 0.301. The number of nitrogens with zero attached hydrogens (tertiary/aromatic N) is 3. The predicted octanol–water partition coefficient (Wildman–Crippen LogP) is -0.304. The molecule has 0 aliphatic carbocycles. The van der Waals surface area contributed by atoms with Gasteiger partial charge >= 0.3 is 0 Å². The SMILES string of the molecule is OC[C@H]1O[C@@H](n2ccc3c(Cl)ncnc32)[C@H](O)[C@@H]1O. The zero-order chi connectivity index (χ0) is 13.6. The molecule has 3 rings (SSSR count). The molecule has 2 aromatic rings. The van der Waals surface area contributed by atoms with Gasteiger partial charge in [0.15, 0.2) is 6.23 Å². The standard InChI is InChI=1S/C11H12ClN3O4/c12-9-5-1-2-15(10(5)14-4-13-9)11-8(18)7(17)6(3-16)19-11/h1-2,4,6-8,11,16-18H,3H2/t6-,7-,8-,11-/m1/s1. The number of aliphatic hydroxyl groups is 3. The Morgan fingerprint density at radius 1 is 1.32 bits per heavy atom. The molecule has 0 bridgehead atoms. The maximum absolute atomic E-state index is 9.98. The van der Waals surface area contributed by atoms with E-state index in [0.717, 1.165) is 0 Å². The van der Waals surface area contributed by atoms with Gasteiger partial charge in [0.1, 0.15) is 35.4 Å². The van der Waals surface area contributed by atoms with Gasteiger partial charge in [-0.1, -0.05) is 11.6 Å². The largest absolute Gasteiger partial charge is 0.394 e. The van der Waals surface area contributed by atoms with Crippen LogP contribution in [0.25, 0.3) is 11.0 Å². The van der Waals surface area contributed by atoms with Crippen LogP contribution in [0, 0.1) is 0 Å². The monoisotopic (exact) mass is 285 g/mol.